The van der Waals surface area contributed by atoms with Gasteiger partial charge >= 0.3 is 0 Å². The average Bonchev–Trinajstić information content (AvgIpc) is 2.51. The van der Waals surface area contributed by atoms with Gasteiger partial charge in [-0.15, -0.1) is 0 Å². The van der Waals surface area contributed by atoms with Crippen LogP contribution in [-0.4, -0.2) is 6.66 Å². The van der Waals surface area contributed by atoms with Gasteiger partial charge in [0.25, 0.3) is 0 Å². The smallest absolute Gasteiger partial charge is 0.141 e. The molecule has 1 aliphatic rings. The molecule has 1 aliphatic heterocycles. The molecular formula is C13H10ClOP. The molecule has 0 saturated carbocycles. The van der Waals surface area contributed by atoms with Crippen LogP contribution in [0.3, 0.4) is 0 Å². The van der Waals surface area contributed by atoms with Gasteiger partial charge < -0.3 is 4.57 Å². The molecule has 16 heavy (non-hydrogen) atoms. The van der Waals surface area contributed by atoms with Crippen LogP contribution in [0.15, 0.2) is 42.5 Å². The molecule has 0 amide bonds. The lowest BCUT2D eigenvalue weighted by Gasteiger charge is -2.07. The Morgan fingerprint density at radius 1 is 1.00 bits per heavy atom. The van der Waals surface area contributed by atoms with E-state index in [0.29, 0.717) is 5.02 Å². The van der Waals surface area contributed by atoms with Gasteiger partial charge in [-0.1, -0.05) is 48.0 Å². The van der Waals surface area contributed by atoms with E-state index in [1.54, 1.807) is 0 Å². The highest BCUT2D eigenvalue weighted by Gasteiger charge is 2.35. The molecule has 0 aliphatic carbocycles. The third kappa shape index (κ3) is 1.16. The number of halogens is 1. The van der Waals surface area contributed by atoms with E-state index >= 15 is 0 Å². The number of fused-ring (bicyclic) bond motifs is 3. The molecule has 1 unspecified atom stereocenters. The Morgan fingerprint density at radius 2 is 1.69 bits per heavy atom. The molecule has 0 spiro atoms. The fourth-order valence-corrected chi connectivity index (χ4v) is 4.98. The van der Waals surface area contributed by atoms with Crippen LogP contribution in [-0.2, 0) is 4.57 Å². The summed E-state index contributed by atoms with van der Waals surface area (Å²) in [4.78, 5) is 0. The SMILES string of the molecule is CP1(=O)c2ccccc2-c2c(Cl)cccc21. The van der Waals surface area contributed by atoms with Crippen LogP contribution in [0.2, 0.25) is 5.02 Å². The Balaban J connectivity index is 2.50. The Hall–Kier alpha value is -1.04. The summed E-state index contributed by atoms with van der Waals surface area (Å²) in [5.41, 5.74) is 1.97. The fourth-order valence-electron chi connectivity index (χ4n) is 2.32. The van der Waals surface area contributed by atoms with E-state index in [4.69, 9.17) is 11.6 Å². The standard InChI is InChI=1S/C13H10ClOP/c1-16(15)11-7-3-2-5-9(11)13-10(14)6-4-8-12(13)16/h2-8H,1H3. The Labute approximate surface area is 99.4 Å². The first kappa shape index (κ1) is 10.1. The predicted octanol–water partition coefficient (Wildman–Crippen LogP) is 3.26. The lowest BCUT2D eigenvalue weighted by Crippen LogP contribution is -2.07. The second-order valence-corrected chi connectivity index (χ2v) is 7.29. The summed E-state index contributed by atoms with van der Waals surface area (Å²) in [5.74, 6) is 0. The summed E-state index contributed by atoms with van der Waals surface area (Å²) in [5, 5.41) is 2.50. The van der Waals surface area contributed by atoms with Crippen molar-refractivity contribution in [3.8, 4) is 11.1 Å². The van der Waals surface area contributed by atoms with Crippen molar-refractivity contribution in [1.29, 1.82) is 0 Å². The van der Waals surface area contributed by atoms with Crippen molar-refractivity contribution in [2.75, 3.05) is 6.66 Å². The summed E-state index contributed by atoms with van der Waals surface area (Å²) in [7, 11) is -2.43. The Morgan fingerprint density at radius 3 is 2.50 bits per heavy atom. The molecule has 2 aromatic rings. The number of rotatable bonds is 0. The second kappa shape index (κ2) is 3.23. The first-order valence-electron chi connectivity index (χ1n) is 5.09. The van der Waals surface area contributed by atoms with Gasteiger partial charge in [0, 0.05) is 21.2 Å². The van der Waals surface area contributed by atoms with Gasteiger partial charge in [-0.3, -0.25) is 0 Å². The Kier molecular flexibility index (Phi) is 2.04. The van der Waals surface area contributed by atoms with Crippen LogP contribution in [0, 0.1) is 0 Å². The summed E-state index contributed by atoms with van der Waals surface area (Å²) < 4.78 is 12.8. The van der Waals surface area contributed by atoms with Gasteiger partial charge in [0.15, 0.2) is 0 Å². The van der Waals surface area contributed by atoms with E-state index < -0.39 is 7.14 Å². The molecule has 0 bridgehead atoms. The molecule has 0 fully saturated rings. The third-order valence-corrected chi connectivity index (χ3v) is 6.00. The zero-order valence-electron chi connectivity index (χ0n) is 8.77. The zero-order valence-corrected chi connectivity index (χ0v) is 10.4. The number of hydrogen-bond donors (Lipinski definition) is 0. The summed E-state index contributed by atoms with van der Waals surface area (Å²) >= 11 is 6.20. The van der Waals surface area contributed by atoms with Gasteiger partial charge in [-0.25, -0.2) is 0 Å². The molecule has 0 N–H and O–H groups in total. The number of benzene rings is 2. The highest BCUT2D eigenvalue weighted by atomic mass is 35.5. The third-order valence-electron chi connectivity index (χ3n) is 3.08. The van der Waals surface area contributed by atoms with Gasteiger partial charge in [-0.2, -0.15) is 0 Å². The second-order valence-electron chi connectivity index (χ2n) is 4.08. The summed E-state index contributed by atoms with van der Waals surface area (Å²) in [6, 6.07) is 13.4. The topological polar surface area (TPSA) is 17.1 Å². The van der Waals surface area contributed by atoms with E-state index in [1.807, 2.05) is 49.1 Å². The molecular weight excluding hydrogens is 239 g/mol. The molecule has 3 rings (SSSR count). The largest absolute Gasteiger partial charge is 0.314 e. The minimum absolute atomic E-state index is 0.685. The molecule has 1 heterocycles. The molecule has 80 valence electrons. The highest BCUT2D eigenvalue weighted by molar-refractivity contribution is 7.79. The summed E-state index contributed by atoms with van der Waals surface area (Å²) in [6.45, 7) is 1.81. The maximum Gasteiger partial charge on any atom is 0.141 e. The van der Waals surface area contributed by atoms with Gasteiger partial charge in [-0.05, 0) is 18.3 Å². The van der Waals surface area contributed by atoms with Crippen molar-refractivity contribution in [1.82, 2.24) is 0 Å². The maximum absolute atomic E-state index is 12.8. The Bertz CT molecular complexity index is 634. The van der Waals surface area contributed by atoms with E-state index in [-0.39, 0.29) is 0 Å². The van der Waals surface area contributed by atoms with Crippen molar-refractivity contribution >= 4 is 29.4 Å². The lowest BCUT2D eigenvalue weighted by atomic mass is 10.1. The van der Waals surface area contributed by atoms with Crippen LogP contribution < -0.4 is 10.6 Å². The monoisotopic (exact) mass is 248 g/mol. The van der Waals surface area contributed by atoms with Crippen LogP contribution in [0.1, 0.15) is 0 Å². The molecule has 2 aromatic carbocycles. The normalized spacial score (nSPS) is 21.6. The first-order chi connectivity index (χ1) is 7.62. The van der Waals surface area contributed by atoms with E-state index in [9.17, 15) is 4.57 Å². The van der Waals surface area contributed by atoms with Crippen LogP contribution >= 0.6 is 18.7 Å². The van der Waals surface area contributed by atoms with Gasteiger partial charge in [0.05, 0.1) is 0 Å². The van der Waals surface area contributed by atoms with E-state index in [0.717, 1.165) is 21.7 Å². The maximum atomic E-state index is 12.8. The van der Waals surface area contributed by atoms with E-state index in [1.165, 1.54) is 0 Å². The van der Waals surface area contributed by atoms with Crippen molar-refractivity contribution < 1.29 is 4.57 Å². The molecule has 1 nitrogen and oxygen atoms in total. The van der Waals surface area contributed by atoms with Crippen LogP contribution in [0.25, 0.3) is 11.1 Å². The molecule has 0 radical (unpaired) electrons. The zero-order chi connectivity index (χ0) is 11.3. The van der Waals surface area contributed by atoms with Crippen molar-refractivity contribution in [2.45, 2.75) is 0 Å². The lowest BCUT2D eigenvalue weighted by molar-refractivity contribution is 0.591. The predicted molar refractivity (Wildman–Crippen MR) is 69.7 cm³/mol. The molecule has 0 saturated heterocycles. The summed E-state index contributed by atoms with van der Waals surface area (Å²) in [6.07, 6.45) is 0. The molecule has 1 atom stereocenters. The average molecular weight is 249 g/mol. The van der Waals surface area contributed by atoms with Gasteiger partial charge in [0.1, 0.15) is 7.14 Å². The van der Waals surface area contributed by atoms with Crippen molar-refractivity contribution in [2.24, 2.45) is 0 Å². The fraction of sp³-hybridized carbons (Fsp3) is 0.0769. The number of hydrogen-bond acceptors (Lipinski definition) is 1. The highest BCUT2D eigenvalue weighted by Crippen LogP contribution is 2.51. The van der Waals surface area contributed by atoms with Crippen molar-refractivity contribution in [3.05, 3.63) is 47.5 Å². The first-order valence-corrected chi connectivity index (χ1v) is 7.62. The van der Waals surface area contributed by atoms with Gasteiger partial charge in [0.2, 0.25) is 0 Å². The van der Waals surface area contributed by atoms with Crippen LogP contribution in [0.4, 0.5) is 0 Å². The molecule has 3 heteroatoms. The minimum atomic E-state index is -2.43. The van der Waals surface area contributed by atoms with Crippen LogP contribution in [0.5, 0.6) is 0 Å². The van der Waals surface area contributed by atoms with Crippen molar-refractivity contribution in [3.63, 3.8) is 0 Å². The quantitative estimate of drug-likeness (QED) is 0.654. The van der Waals surface area contributed by atoms with E-state index in [2.05, 4.69) is 0 Å². The molecule has 0 aromatic heterocycles. The minimum Gasteiger partial charge on any atom is -0.314 e.